The number of hydrogen-bond donors (Lipinski definition) is 2. The average molecular weight is 375 g/mol. The van der Waals surface area contributed by atoms with E-state index in [0.29, 0.717) is 34.8 Å². The van der Waals surface area contributed by atoms with Crippen LogP contribution in [0.2, 0.25) is 0 Å². The van der Waals surface area contributed by atoms with Crippen molar-refractivity contribution in [3.05, 3.63) is 71.1 Å². The van der Waals surface area contributed by atoms with Gasteiger partial charge in [-0.15, -0.1) is 11.3 Å². The van der Waals surface area contributed by atoms with E-state index < -0.39 is 0 Å². The fourth-order valence-corrected chi connectivity index (χ4v) is 3.87. The summed E-state index contributed by atoms with van der Waals surface area (Å²) in [5, 5.41) is 5.26. The summed E-state index contributed by atoms with van der Waals surface area (Å²) < 4.78 is 0. The second-order valence-corrected chi connectivity index (χ2v) is 7.03. The Morgan fingerprint density at radius 2 is 1.89 bits per heavy atom. The Hall–Kier alpha value is -3.25. The molecule has 1 amide bonds. The van der Waals surface area contributed by atoms with Crippen LogP contribution in [-0.2, 0) is 11.2 Å². The molecule has 2 N–H and O–H groups in total. The summed E-state index contributed by atoms with van der Waals surface area (Å²) in [6.07, 6.45) is 1.79. The number of thiophene rings is 1. The number of aryl methyl sites for hydroxylation is 1. The van der Waals surface area contributed by atoms with Crippen LogP contribution in [0.5, 0.6) is 0 Å². The van der Waals surface area contributed by atoms with Gasteiger partial charge in [-0.3, -0.25) is 9.59 Å². The first kappa shape index (κ1) is 17.2. The number of fused-ring (bicyclic) bond motifs is 1. The van der Waals surface area contributed by atoms with E-state index in [0.717, 1.165) is 22.9 Å². The lowest BCUT2D eigenvalue weighted by atomic mass is 10.1. The van der Waals surface area contributed by atoms with Gasteiger partial charge in [0.25, 0.3) is 0 Å². The molecule has 0 unspecified atom stereocenters. The Morgan fingerprint density at radius 1 is 1.11 bits per heavy atom. The predicted octanol–water partition coefficient (Wildman–Crippen LogP) is 4.68. The second kappa shape index (κ2) is 7.55. The van der Waals surface area contributed by atoms with E-state index in [1.54, 1.807) is 0 Å². The van der Waals surface area contributed by atoms with Gasteiger partial charge in [-0.05, 0) is 24.1 Å². The summed E-state index contributed by atoms with van der Waals surface area (Å²) in [4.78, 5) is 31.7. The van der Waals surface area contributed by atoms with E-state index in [-0.39, 0.29) is 5.91 Å². The third-order valence-electron chi connectivity index (χ3n) is 4.33. The largest absolute Gasteiger partial charge is 0.338 e. The number of imidazole rings is 1. The van der Waals surface area contributed by atoms with E-state index >= 15 is 0 Å². The van der Waals surface area contributed by atoms with E-state index in [1.807, 2.05) is 60.0 Å². The van der Waals surface area contributed by atoms with Gasteiger partial charge < -0.3 is 10.3 Å². The van der Waals surface area contributed by atoms with Crippen molar-refractivity contribution in [3.63, 3.8) is 0 Å². The molecule has 6 heteroatoms. The Bertz CT molecular complexity index is 1070. The number of carbonyl (C=O) groups excluding carboxylic acids is 2. The van der Waals surface area contributed by atoms with Crippen LogP contribution in [0.4, 0.5) is 5.00 Å². The Morgan fingerprint density at radius 3 is 2.67 bits per heavy atom. The molecule has 0 fully saturated rings. The maximum atomic E-state index is 12.3. The van der Waals surface area contributed by atoms with Crippen LogP contribution >= 0.6 is 11.3 Å². The normalized spacial score (nSPS) is 10.8. The molecule has 0 spiro atoms. The third kappa shape index (κ3) is 3.66. The summed E-state index contributed by atoms with van der Waals surface area (Å²) in [7, 11) is 0. The van der Waals surface area contributed by atoms with Crippen molar-refractivity contribution in [2.24, 2.45) is 0 Å². The molecule has 0 radical (unpaired) electrons. The van der Waals surface area contributed by atoms with E-state index in [4.69, 9.17) is 0 Å². The van der Waals surface area contributed by atoms with Crippen LogP contribution in [0.15, 0.2) is 60.0 Å². The molecule has 5 nitrogen and oxygen atoms in total. The van der Waals surface area contributed by atoms with Crippen LogP contribution in [-0.4, -0.2) is 22.2 Å². The van der Waals surface area contributed by atoms with Crippen LogP contribution in [0.25, 0.3) is 22.4 Å². The lowest BCUT2D eigenvalue weighted by Crippen LogP contribution is -2.12. The molecule has 0 aliphatic carbocycles. The van der Waals surface area contributed by atoms with Crippen molar-refractivity contribution in [3.8, 4) is 11.4 Å². The third-order valence-corrected chi connectivity index (χ3v) is 5.24. The number of rotatable bonds is 6. The number of aldehydes is 1. The number of amides is 1. The predicted molar refractivity (Wildman–Crippen MR) is 108 cm³/mol. The first-order valence-corrected chi connectivity index (χ1v) is 9.48. The molecule has 4 aromatic rings. The monoisotopic (exact) mass is 375 g/mol. The summed E-state index contributed by atoms with van der Waals surface area (Å²) in [6.45, 7) is 0. The van der Waals surface area contributed by atoms with Crippen molar-refractivity contribution in [1.82, 2.24) is 9.97 Å². The molecule has 4 rings (SSSR count). The quantitative estimate of drug-likeness (QED) is 0.481. The zero-order chi connectivity index (χ0) is 18.6. The molecule has 0 saturated heterocycles. The van der Waals surface area contributed by atoms with Crippen molar-refractivity contribution in [2.75, 3.05) is 5.32 Å². The van der Waals surface area contributed by atoms with Crippen LogP contribution in [0.3, 0.4) is 0 Å². The number of aromatic amines is 1. The number of H-pyrrole nitrogens is 1. The number of hydrogen-bond acceptors (Lipinski definition) is 4. The van der Waals surface area contributed by atoms with Gasteiger partial charge in [0, 0.05) is 17.4 Å². The maximum Gasteiger partial charge on any atom is 0.225 e. The second-order valence-electron chi connectivity index (χ2n) is 6.15. The highest BCUT2D eigenvalue weighted by atomic mass is 32.1. The van der Waals surface area contributed by atoms with Crippen molar-refractivity contribution >= 4 is 39.6 Å². The highest BCUT2D eigenvalue weighted by Gasteiger charge is 2.17. The zero-order valence-electron chi connectivity index (χ0n) is 14.4. The highest BCUT2D eigenvalue weighted by molar-refractivity contribution is 7.15. The number of anilines is 1. The first-order chi connectivity index (χ1) is 13.2. The van der Waals surface area contributed by atoms with Gasteiger partial charge in [-0.1, -0.05) is 42.5 Å². The number of aromatic nitrogens is 2. The molecule has 0 saturated carbocycles. The lowest BCUT2D eigenvalue weighted by Gasteiger charge is -2.04. The van der Waals surface area contributed by atoms with Crippen LogP contribution < -0.4 is 5.32 Å². The minimum atomic E-state index is -0.111. The number of nitrogens with one attached hydrogen (secondary N) is 2. The molecule has 0 aliphatic rings. The Labute approximate surface area is 160 Å². The fraction of sp³-hybridized carbons (Fsp3) is 0.0952. The summed E-state index contributed by atoms with van der Waals surface area (Å²) in [5.74, 6) is 0.513. The molecule has 134 valence electrons. The first-order valence-electron chi connectivity index (χ1n) is 8.60. The van der Waals surface area contributed by atoms with Gasteiger partial charge in [-0.25, -0.2) is 4.98 Å². The number of carbonyl (C=O) groups is 2. The maximum absolute atomic E-state index is 12.3. The minimum absolute atomic E-state index is 0.111. The van der Waals surface area contributed by atoms with Crippen molar-refractivity contribution in [2.45, 2.75) is 12.8 Å². The Balaban J connectivity index is 1.52. The smallest absolute Gasteiger partial charge is 0.225 e. The molecule has 2 aromatic carbocycles. The van der Waals surface area contributed by atoms with Gasteiger partial charge in [0.15, 0.2) is 6.29 Å². The molecule has 0 bridgehead atoms. The standard InChI is InChI=1S/C21H17N3O2S/c25-12-15-16(20-22-17-8-4-5-9-18(17)23-20)13-27-21(15)24-19(26)11-10-14-6-2-1-3-7-14/h1-9,12-13H,10-11H2,(H,22,23)(H,24,26). The molecular weight excluding hydrogens is 358 g/mol. The van der Waals surface area contributed by atoms with Crippen molar-refractivity contribution < 1.29 is 9.59 Å². The highest BCUT2D eigenvalue weighted by Crippen LogP contribution is 2.34. The minimum Gasteiger partial charge on any atom is -0.338 e. The average Bonchev–Trinajstić information content (AvgIpc) is 3.30. The number of para-hydroxylation sites is 2. The van der Waals surface area contributed by atoms with E-state index in [1.165, 1.54) is 11.3 Å². The number of benzene rings is 2. The molecule has 0 atom stereocenters. The van der Waals surface area contributed by atoms with Gasteiger partial charge in [0.1, 0.15) is 10.8 Å². The van der Waals surface area contributed by atoms with Gasteiger partial charge in [0.05, 0.1) is 16.6 Å². The molecule has 2 heterocycles. The summed E-state index contributed by atoms with van der Waals surface area (Å²) >= 11 is 1.33. The molecule has 2 aromatic heterocycles. The Kier molecular flexibility index (Phi) is 4.80. The van der Waals surface area contributed by atoms with Crippen molar-refractivity contribution in [1.29, 1.82) is 0 Å². The van der Waals surface area contributed by atoms with Gasteiger partial charge in [0.2, 0.25) is 5.91 Å². The van der Waals surface area contributed by atoms with Gasteiger partial charge >= 0.3 is 0 Å². The molecular formula is C21H17N3O2S. The van der Waals surface area contributed by atoms with E-state index in [9.17, 15) is 9.59 Å². The summed E-state index contributed by atoms with van der Waals surface area (Å²) in [5.41, 5.74) is 4.00. The van der Waals surface area contributed by atoms with Crippen LogP contribution in [0.1, 0.15) is 22.3 Å². The lowest BCUT2D eigenvalue weighted by molar-refractivity contribution is -0.116. The van der Waals surface area contributed by atoms with E-state index in [2.05, 4.69) is 15.3 Å². The molecule has 0 aliphatic heterocycles. The fourth-order valence-electron chi connectivity index (χ4n) is 2.94. The molecule has 27 heavy (non-hydrogen) atoms. The van der Waals surface area contributed by atoms with Gasteiger partial charge in [-0.2, -0.15) is 0 Å². The SMILES string of the molecule is O=Cc1c(-c2nc3ccccc3[nH]2)csc1NC(=O)CCc1ccccc1. The summed E-state index contributed by atoms with van der Waals surface area (Å²) in [6, 6.07) is 17.5. The zero-order valence-corrected chi connectivity index (χ0v) is 15.3. The van der Waals surface area contributed by atoms with Crippen LogP contribution in [0, 0.1) is 0 Å². The topological polar surface area (TPSA) is 74.8 Å². The number of nitrogens with zero attached hydrogens (tertiary/aromatic N) is 1.